The summed E-state index contributed by atoms with van der Waals surface area (Å²) in [5.41, 5.74) is 12.4. The van der Waals surface area contributed by atoms with Crippen molar-refractivity contribution in [3.05, 3.63) is 72.2 Å². The van der Waals surface area contributed by atoms with Gasteiger partial charge in [0.25, 0.3) is 0 Å². The minimum absolute atomic E-state index is 0.499. The molecule has 4 aromatic rings. The first-order chi connectivity index (χ1) is 12.7. The molecule has 2 N–H and O–H groups in total. The summed E-state index contributed by atoms with van der Waals surface area (Å²) in [6, 6.07) is 16.4. The Morgan fingerprint density at radius 1 is 1.08 bits per heavy atom. The van der Waals surface area contributed by atoms with Crippen LogP contribution in [-0.4, -0.2) is 14.5 Å². The lowest BCUT2D eigenvalue weighted by atomic mass is 10.1. The molecule has 0 aliphatic heterocycles. The lowest BCUT2D eigenvalue weighted by Gasteiger charge is -2.13. The van der Waals surface area contributed by atoms with E-state index >= 15 is 0 Å². The predicted octanol–water partition coefficient (Wildman–Crippen LogP) is 4.97. The summed E-state index contributed by atoms with van der Waals surface area (Å²) < 4.78 is 2.21. The Hall–Kier alpha value is -2.85. The van der Waals surface area contributed by atoms with Gasteiger partial charge in [-0.05, 0) is 48.4 Å². The largest absolute Gasteiger partial charge is 0.383 e. The SMILES string of the molecule is CCc1cc2c(cn1)cc(-c1cccnc1N)n2-c1ccc(CCl)cc1. The molecule has 4 rings (SSSR count). The first-order valence-corrected chi connectivity index (χ1v) is 9.11. The van der Waals surface area contributed by atoms with E-state index in [2.05, 4.69) is 45.7 Å². The summed E-state index contributed by atoms with van der Waals surface area (Å²) in [5, 5.41) is 1.07. The Labute approximate surface area is 157 Å². The zero-order valence-corrected chi connectivity index (χ0v) is 15.2. The van der Waals surface area contributed by atoms with Crippen molar-refractivity contribution < 1.29 is 0 Å². The summed E-state index contributed by atoms with van der Waals surface area (Å²) in [7, 11) is 0. The van der Waals surface area contributed by atoms with Gasteiger partial charge in [0.2, 0.25) is 0 Å². The zero-order chi connectivity index (χ0) is 18.1. The van der Waals surface area contributed by atoms with Crippen LogP contribution in [0.5, 0.6) is 0 Å². The first kappa shape index (κ1) is 16.6. The predicted molar refractivity (Wildman–Crippen MR) is 108 cm³/mol. The van der Waals surface area contributed by atoms with E-state index in [1.165, 1.54) is 0 Å². The fraction of sp³-hybridized carbons (Fsp3) is 0.143. The van der Waals surface area contributed by atoms with Crippen molar-refractivity contribution in [1.82, 2.24) is 14.5 Å². The number of fused-ring (bicyclic) bond motifs is 1. The molecular formula is C21H19ClN4. The van der Waals surface area contributed by atoms with Crippen LogP contribution in [0.25, 0.3) is 27.8 Å². The number of hydrogen-bond acceptors (Lipinski definition) is 3. The average molecular weight is 363 g/mol. The fourth-order valence-electron chi connectivity index (χ4n) is 3.18. The van der Waals surface area contributed by atoms with Gasteiger partial charge in [-0.1, -0.05) is 19.1 Å². The molecule has 0 atom stereocenters. The number of nitrogens with zero attached hydrogens (tertiary/aromatic N) is 3. The number of rotatable bonds is 4. The highest BCUT2D eigenvalue weighted by molar-refractivity contribution is 6.17. The molecule has 4 nitrogen and oxygen atoms in total. The van der Waals surface area contributed by atoms with E-state index < -0.39 is 0 Å². The van der Waals surface area contributed by atoms with Crippen LogP contribution in [0, 0.1) is 0 Å². The molecule has 0 bridgehead atoms. The highest BCUT2D eigenvalue weighted by Gasteiger charge is 2.15. The van der Waals surface area contributed by atoms with E-state index in [-0.39, 0.29) is 0 Å². The van der Waals surface area contributed by atoms with Crippen LogP contribution in [0.3, 0.4) is 0 Å². The number of hydrogen-bond donors (Lipinski definition) is 1. The highest BCUT2D eigenvalue weighted by Crippen LogP contribution is 2.33. The molecule has 0 amide bonds. The molecule has 0 saturated carbocycles. The maximum atomic E-state index is 6.17. The number of nitrogens with two attached hydrogens (primary N) is 1. The van der Waals surface area contributed by atoms with Gasteiger partial charge in [-0.15, -0.1) is 11.6 Å². The minimum atomic E-state index is 0.499. The van der Waals surface area contributed by atoms with Gasteiger partial charge in [0, 0.05) is 40.6 Å². The minimum Gasteiger partial charge on any atom is -0.383 e. The molecule has 0 unspecified atom stereocenters. The fourth-order valence-corrected chi connectivity index (χ4v) is 3.36. The summed E-state index contributed by atoms with van der Waals surface area (Å²) >= 11 is 5.95. The van der Waals surface area contributed by atoms with E-state index in [9.17, 15) is 0 Å². The smallest absolute Gasteiger partial charge is 0.132 e. The van der Waals surface area contributed by atoms with Gasteiger partial charge >= 0.3 is 0 Å². The van der Waals surface area contributed by atoms with E-state index in [0.717, 1.165) is 45.5 Å². The van der Waals surface area contributed by atoms with Crippen molar-refractivity contribution >= 4 is 28.3 Å². The number of halogens is 1. The van der Waals surface area contributed by atoms with Gasteiger partial charge in [-0.3, -0.25) is 4.98 Å². The van der Waals surface area contributed by atoms with Crippen LogP contribution >= 0.6 is 11.6 Å². The van der Waals surface area contributed by atoms with Crippen LogP contribution in [0.15, 0.2) is 60.9 Å². The van der Waals surface area contributed by atoms with Crippen molar-refractivity contribution in [1.29, 1.82) is 0 Å². The van der Waals surface area contributed by atoms with Crippen LogP contribution in [0.1, 0.15) is 18.2 Å². The van der Waals surface area contributed by atoms with Crippen LogP contribution in [-0.2, 0) is 12.3 Å². The number of pyridine rings is 2. The number of aryl methyl sites for hydroxylation is 1. The molecule has 3 aromatic heterocycles. The molecular weight excluding hydrogens is 344 g/mol. The van der Waals surface area contributed by atoms with Crippen LogP contribution < -0.4 is 5.73 Å². The Balaban J connectivity index is 2.03. The molecule has 3 heterocycles. The van der Waals surface area contributed by atoms with E-state index in [1.54, 1.807) is 6.20 Å². The lowest BCUT2D eigenvalue weighted by molar-refractivity contribution is 1.04. The molecule has 0 saturated heterocycles. The van der Waals surface area contributed by atoms with E-state index in [0.29, 0.717) is 11.7 Å². The number of alkyl halides is 1. The monoisotopic (exact) mass is 362 g/mol. The van der Waals surface area contributed by atoms with Crippen molar-refractivity contribution in [2.75, 3.05) is 5.73 Å². The standard InChI is InChI=1S/C21H19ClN4/c1-2-16-11-19-15(13-25-16)10-20(18-4-3-9-24-21(18)23)26(19)17-7-5-14(12-22)6-8-17/h3-11,13H,2,12H2,1H3,(H2,23,24). The quantitative estimate of drug-likeness (QED) is 0.521. The third-order valence-electron chi connectivity index (χ3n) is 4.57. The molecule has 0 aliphatic carbocycles. The third kappa shape index (κ3) is 2.82. The Morgan fingerprint density at radius 3 is 2.58 bits per heavy atom. The Kier molecular flexibility index (Phi) is 4.35. The first-order valence-electron chi connectivity index (χ1n) is 8.57. The van der Waals surface area contributed by atoms with Crippen LogP contribution in [0.2, 0.25) is 0 Å². The van der Waals surface area contributed by atoms with Crippen molar-refractivity contribution in [3.63, 3.8) is 0 Å². The molecule has 130 valence electrons. The molecule has 0 spiro atoms. The van der Waals surface area contributed by atoms with Gasteiger partial charge in [-0.25, -0.2) is 4.98 Å². The van der Waals surface area contributed by atoms with Crippen molar-refractivity contribution in [3.8, 4) is 16.9 Å². The van der Waals surface area contributed by atoms with Gasteiger partial charge in [0.1, 0.15) is 5.82 Å². The topological polar surface area (TPSA) is 56.7 Å². The van der Waals surface area contributed by atoms with Crippen molar-refractivity contribution in [2.45, 2.75) is 19.2 Å². The summed E-state index contributed by atoms with van der Waals surface area (Å²) in [6.07, 6.45) is 4.52. The third-order valence-corrected chi connectivity index (χ3v) is 4.88. The average Bonchev–Trinajstić information content (AvgIpc) is 3.06. The normalized spacial score (nSPS) is 11.2. The molecule has 0 radical (unpaired) electrons. The molecule has 0 fully saturated rings. The van der Waals surface area contributed by atoms with Gasteiger partial charge in [0.15, 0.2) is 0 Å². The number of aromatic nitrogens is 3. The molecule has 5 heteroatoms. The second kappa shape index (κ2) is 6.81. The van der Waals surface area contributed by atoms with Crippen molar-refractivity contribution in [2.24, 2.45) is 0 Å². The maximum Gasteiger partial charge on any atom is 0.132 e. The van der Waals surface area contributed by atoms with Gasteiger partial charge in [0.05, 0.1) is 11.2 Å². The Morgan fingerprint density at radius 2 is 1.88 bits per heavy atom. The number of benzene rings is 1. The van der Waals surface area contributed by atoms with Gasteiger partial charge < -0.3 is 10.3 Å². The summed E-state index contributed by atoms with van der Waals surface area (Å²) in [6.45, 7) is 2.11. The molecule has 1 aromatic carbocycles. The van der Waals surface area contributed by atoms with Crippen LogP contribution in [0.4, 0.5) is 5.82 Å². The summed E-state index contributed by atoms with van der Waals surface area (Å²) in [5.74, 6) is 1.01. The zero-order valence-electron chi connectivity index (χ0n) is 14.5. The molecule has 26 heavy (non-hydrogen) atoms. The number of anilines is 1. The second-order valence-corrected chi connectivity index (χ2v) is 6.46. The van der Waals surface area contributed by atoms with E-state index in [1.807, 2.05) is 30.5 Å². The van der Waals surface area contributed by atoms with E-state index in [4.69, 9.17) is 17.3 Å². The maximum absolute atomic E-state index is 6.17. The lowest BCUT2D eigenvalue weighted by Crippen LogP contribution is -2.00. The Bertz CT molecular complexity index is 1070. The second-order valence-electron chi connectivity index (χ2n) is 6.19. The highest BCUT2D eigenvalue weighted by atomic mass is 35.5. The summed E-state index contributed by atoms with van der Waals surface area (Å²) in [4.78, 5) is 8.79. The van der Waals surface area contributed by atoms with Gasteiger partial charge in [-0.2, -0.15) is 0 Å². The molecule has 0 aliphatic rings. The number of nitrogen functional groups attached to an aromatic ring is 1.